The molecule has 1 N–H and O–H groups in total. The van der Waals surface area contributed by atoms with Gasteiger partial charge in [0.1, 0.15) is 0 Å². The van der Waals surface area contributed by atoms with Crippen molar-refractivity contribution in [3.8, 4) is 0 Å². The number of likely N-dealkylation sites (tertiary alicyclic amines) is 1. The predicted octanol–water partition coefficient (Wildman–Crippen LogP) is 2.57. The average Bonchev–Trinajstić information content (AvgIpc) is 2.80. The molecule has 1 fully saturated rings. The van der Waals surface area contributed by atoms with Crippen LogP contribution in [-0.2, 0) is 4.79 Å². The van der Waals surface area contributed by atoms with Gasteiger partial charge in [0.15, 0.2) is 0 Å². The molecule has 5 nitrogen and oxygen atoms in total. The zero-order valence-corrected chi connectivity index (χ0v) is 12.2. The third-order valence-electron chi connectivity index (χ3n) is 3.86. The second-order valence-electron chi connectivity index (χ2n) is 5.58. The molecule has 1 unspecified atom stereocenters. The van der Waals surface area contributed by atoms with Crippen LogP contribution >= 0.6 is 0 Å². The number of carbonyl (C=O) groups is 2. The Morgan fingerprint density at radius 3 is 2.48 bits per heavy atom. The molecule has 0 aromatic carbocycles. The monoisotopic (exact) mass is 310 g/mol. The highest BCUT2D eigenvalue weighted by atomic mass is 19.4. The van der Waals surface area contributed by atoms with Gasteiger partial charge in [0.05, 0.1) is 11.8 Å². The van der Waals surface area contributed by atoms with E-state index in [0.29, 0.717) is 19.3 Å². The Hall–Kier alpha value is -1.47. The highest BCUT2D eigenvalue weighted by molar-refractivity contribution is 5.79. The van der Waals surface area contributed by atoms with Crippen LogP contribution in [-0.4, -0.2) is 59.8 Å². The molecule has 1 saturated heterocycles. The van der Waals surface area contributed by atoms with Crippen LogP contribution in [0.2, 0.25) is 0 Å². The number of halogens is 3. The van der Waals surface area contributed by atoms with Gasteiger partial charge in [0.2, 0.25) is 0 Å². The molecule has 21 heavy (non-hydrogen) atoms. The van der Waals surface area contributed by atoms with E-state index in [-0.39, 0.29) is 13.1 Å². The predicted molar refractivity (Wildman–Crippen MR) is 69.9 cm³/mol. The number of carboxylic acid groups (broad SMARTS) is 1. The van der Waals surface area contributed by atoms with Crippen molar-refractivity contribution in [2.75, 3.05) is 26.7 Å². The molecule has 1 heterocycles. The first-order valence-electron chi connectivity index (χ1n) is 6.91. The van der Waals surface area contributed by atoms with Crippen LogP contribution in [0.5, 0.6) is 0 Å². The van der Waals surface area contributed by atoms with Crippen LogP contribution < -0.4 is 0 Å². The third-order valence-corrected chi connectivity index (χ3v) is 3.86. The van der Waals surface area contributed by atoms with Gasteiger partial charge >= 0.3 is 18.2 Å². The zero-order valence-electron chi connectivity index (χ0n) is 12.2. The van der Waals surface area contributed by atoms with Crippen molar-refractivity contribution in [3.63, 3.8) is 0 Å². The molecule has 0 bridgehead atoms. The van der Waals surface area contributed by atoms with Gasteiger partial charge in [0, 0.05) is 26.7 Å². The fraction of sp³-hybridized carbons (Fsp3) is 0.846. The Morgan fingerprint density at radius 2 is 2.00 bits per heavy atom. The fourth-order valence-electron chi connectivity index (χ4n) is 2.63. The summed E-state index contributed by atoms with van der Waals surface area (Å²) in [6, 6.07) is -0.543. The first-order valence-corrected chi connectivity index (χ1v) is 6.91. The van der Waals surface area contributed by atoms with Gasteiger partial charge in [-0.2, -0.15) is 13.2 Å². The van der Waals surface area contributed by atoms with Gasteiger partial charge in [-0.1, -0.05) is 13.3 Å². The minimum Gasteiger partial charge on any atom is -0.481 e. The van der Waals surface area contributed by atoms with Gasteiger partial charge in [-0.3, -0.25) is 4.79 Å². The lowest BCUT2D eigenvalue weighted by Crippen LogP contribution is -2.43. The molecule has 0 aromatic rings. The first kappa shape index (κ1) is 17.6. The zero-order chi connectivity index (χ0) is 16.3. The van der Waals surface area contributed by atoms with Gasteiger partial charge < -0.3 is 14.9 Å². The number of rotatable bonds is 5. The quantitative estimate of drug-likeness (QED) is 0.849. The molecular weight excluding hydrogens is 289 g/mol. The molecule has 0 radical (unpaired) electrons. The normalized spacial score (nSPS) is 22.4. The molecule has 8 heteroatoms. The second kappa shape index (κ2) is 6.53. The SMILES string of the molecule is CCCC1(C(=O)O)CCN(C(=O)N(C)CCC(F)(F)F)C1. The number of carbonyl (C=O) groups excluding carboxylic acids is 1. The topological polar surface area (TPSA) is 60.9 Å². The van der Waals surface area contributed by atoms with E-state index >= 15 is 0 Å². The van der Waals surface area contributed by atoms with E-state index in [1.165, 1.54) is 11.9 Å². The largest absolute Gasteiger partial charge is 0.481 e. The Morgan fingerprint density at radius 1 is 1.38 bits per heavy atom. The fourth-order valence-corrected chi connectivity index (χ4v) is 2.63. The van der Waals surface area contributed by atoms with Crippen LogP contribution in [0.4, 0.5) is 18.0 Å². The minimum absolute atomic E-state index is 0.0609. The van der Waals surface area contributed by atoms with E-state index in [1.54, 1.807) is 0 Å². The van der Waals surface area contributed by atoms with Gasteiger partial charge in [-0.15, -0.1) is 0 Å². The van der Waals surface area contributed by atoms with Gasteiger partial charge in [-0.05, 0) is 12.8 Å². The summed E-state index contributed by atoms with van der Waals surface area (Å²) in [7, 11) is 1.30. The number of alkyl halides is 3. The van der Waals surface area contributed by atoms with Gasteiger partial charge in [0.25, 0.3) is 0 Å². The maximum atomic E-state index is 12.2. The summed E-state index contributed by atoms with van der Waals surface area (Å²) in [5.41, 5.74) is -0.963. The van der Waals surface area contributed by atoms with Crippen LogP contribution in [0, 0.1) is 5.41 Å². The summed E-state index contributed by atoms with van der Waals surface area (Å²) in [5.74, 6) is -0.947. The molecule has 1 rings (SSSR count). The number of amides is 2. The molecule has 1 aliphatic heterocycles. The average molecular weight is 310 g/mol. The maximum Gasteiger partial charge on any atom is 0.390 e. The molecule has 1 atom stereocenters. The van der Waals surface area contributed by atoms with Crippen molar-refractivity contribution in [1.29, 1.82) is 0 Å². The number of hydrogen-bond acceptors (Lipinski definition) is 2. The molecule has 0 saturated carbocycles. The van der Waals surface area contributed by atoms with Crippen molar-refractivity contribution in [3.05, 3.63) is 0 Å². The number of carboxylic acids is 1. The highest BCUT2D eigenvalue weighted by Gasteiger charge is 2.46. The molecule has 0 aliphatic carbocycles. The lowest BCUT2D eigenvalue weighted by atomic mass is 9.83. The van der Waals surface area contributed by atoms with E-state index < -0.39 is 36.6 Å². The summed E-state index contributed by atoms with van der Waals surface area (Å²) < 4.78 is 36.5. The summed E-state index contributed by atoms with van der Waals surface area (Å²) in [6.07, 6.45) is -3.90. The second-order valence-corrected chi connectivity index (χ2v) is 5.58. The van der Waals surface area contributed by atoms with Crippen molar-refractivity contribution in [2.24, 2.45) is 5.41 Å². The Bertz CT molecular complexity index is 401. The molecule has 0 spiro atoms. The maximum absolute atomic E-state index is 12.2. The minimum atomic E-state index is -4.31. The first-order chi connectivity index (χ1) is 9.61. The number of urea groups is 1. The third kappa shape index (κ3) is 4.50. The van der Waals surface area contributed by atoms with E-state index in [4.69, 9.17) is 0 Å². The summed E-state index contributed by atoms with van der Waals surface area (Å²) in [6.45, 7) is 1.77. The van der Waals surface area contributed by atoms with Crippen LogP contribution in [0.25, 0.3) is 0 Å². The van der Waals surface area contributed by atoms with Crippen molar-refractivity contribution >= 4 is 12.0 Å². The molecular formula is C13H21F3N2O3. The standard InChI is InChI=1S/C13H21F3N2O3/c1-3-4-12(10(19)20)5-8-18(9-12)11(21)17(2)7-6-13(14,15)16/h3-9H2,1-2H3,(H,19,20). The Labute approximate surface area is 121 Å². The Balaban J connectivity index is 2.62. The number of nitrogens with zero attached hydrogens (tertiary/aromatic N) is 2. The molecule has 1 aliphatic rings. The van der Waals surface area contributed by atoms with Crippen molar-refractivity contribution in [1.82, 2.24) is 9.80 Å². The lowest BCUT2D eigenvalue weighted by molar-refractivity contribution is -0.148. The molecule has 2 amide bonds. The Kier molecular flexibility index (Phi) is 5.47. The number of aliphatic carboxylic acids is 1. The van der Waals surface area contributed by atoms with Crippen LogP contribution in [0.1, 0.15) is 32.6 Å². The summed E-state index contributed by atoms with van der Waals surface area (Å²) >= 11 is 0. The van der Waals surface area contributed by atoms with Crippen molar-refractivity contribution in [2.45, 2.75) is 38.8 Å². The van der Waals surface area contributed by atoms with E-state index in [2.05, 4.69) is 0 Å². The van der Waals surface area contributed by atoms with Crippen molar-refractivity contribution < 1.29 is 27.9 Å². The van der Waals surface area contributed by atoms with Crippen LogP contribution in [0.15, 0.2) is 0 Å². The van der Waals surface area contributed by atoms with E-state index in [1.807, 2.05) is 6.92 Å². The molecule has 0 aromatic heterocycles. The lowest BCUT2D eigenvalue weighted by Gasteiger charge is -2.27. The van der Waals surface area contributed by atoms with Gasteiger partial charge in [-0.25, -0.2) is 4.79 Å². The highest BCUT2D eigenvalue weighted by Crippen LogP contribution is 2.36. The number of hydrogen-bond donors (Lipinski definition) is 1. The summed E-state index contributed by atoms with van der Waals surface area (Å²) in [4.78, 5) is 25.8. The summed E-state index contributed by atoms with van der Waals surface area (Å²) in [5, 5.41) is 9.34. The van der Waals surface area contributed by atoms with Crippen LogP contribution in [0.3, 0.4) is 0 Å². The van der Waals surface area contributed by atoms with E-state index in [0.717, 1.165) is 4.90 Å². The van der Waals surface area contributed by atoms with E-state index in [9.17, 15) is 27.9 Å². The molecule has 122 valence electrons. The smallest absolute Gasteiger partial charge is 0.390 e.